The third kappa shape index (κ3) is 3.44. The Kier molecular flexibility index (Phi) is 4.48. The van der Waals surface area contributed by atoms with Crippen LogP contribution < -0.4 is 4.74 Å². The van der Waals surface area contributed by atoms with Gasteiger partial charge < -0.3 is 4.74 Å². The summed E-state index contributed by atoms with van der Waals surface area (Å²) >= 11 is 6.49. The number of hydrogen-bond acceptors (Lipinski definition) is 6. The molecule has 0 spiro atoms. The molecule has 0 N–H and O–H groups in total. The summed E-state index contributed by atoms with van der Waals surface area (Å²) < 4.78 is 28.9. The number of hydrogen-bond donors (Lipinski definition) is 0. The molecule has 8 heteroatoms. The maximum atomic E-state index is 12.6. The van der Waals surface area contributed by atoms with E-state index in [0.717, 1.165) is 5.56 Å². The lowest BCUT2D eigenvalue weighted by molar-refractivity contribution is -0.123. The first-order valence-corrected chi connectivity index (χ1v) is 10.1. The molecule has 5 nitrogen and oxygen atoms in total. The van der Waals surface area contributed by atoms with Gasteiger partial charge in [-0.15, -0.1) is 0 Å². The van der Waals surface area contributed by atoms with E-state index in [-0.39, 0.29) is 23.5 Å². The second-order valence-corrected chi connectivity index (χ2v) is 9.29. The Morgan fingerprint density at radius 2 is 2.22 bits per heavy atom. The van der Waals surface area contributed by atoms with Crippen molar-refractivity contribution < 1.29 is 17.9 Å². The molecule has 1 aromatic rings. The van der Waals surface area contributed by atoms with Crippen LogP contribution >= 0.6 is 24.0 Å². The van der Waals surface area contributed by atoms with Gasteiger partial charge in [0, 0.05) is 0 Å². The zero-order chi connectivity index (χ0) is 16.6. The molecule has 1 unspecified atom stereocenters. The van der Waals surface area contributed by atoms with Gasteiger partial charge in [-0.1, -0.05) is 36.1 Å². The quantitative estimate of drug-likeness (QED) is 0.600. The summed E-state index contributed by atoms with van der Waals surface area (Å²) in [7, 11) is -1.48. The number of thiocarbonyl (C=S) groups is 1. The number of nitrogens with zero attached hydrogens (tertiary/aromatic N) is 1. The third-order valence-corrected chi connectivity index (χ3v) is 6.87. The fraction of sp³-hybridized carbons (Fsp3) is 0.333. The van der Waals surface area contributed by atoms with Gasteiger partial charge in [-0.25, -0.2) is 8.42 Å². The average molecular weight is 369 g/mol. The Morgan fingerprint density at radius 3 is 2.87 bits per heavy atom. The van der Waals surface area contributed by atoms with E-state index >= 15 is 0 Å². The van der Waals surface area contributed by atoms with E-state index in [1.165, 1.54) is 16.7 Å². The summed E-state index contributed by atoms with van der Waals surface area (Å²) in [5.41, 5.74) is 0.837. The number of carbonyl (C=O) groups excluding carboxylic acids is 1. The summed E-state index contributed by atoms with van der Waals surface area (Å²) in [4.78, 5) is 14.6. The lowest BCUT2D eigenvalue weighted by Gasteiger charge is -2.20. The Labute approximate surface area is 144 Å². The lowest BCUT2D eigenvalue weighted by atomic mass is 10.2. The number of sulfone groups is 1. The zero-order valence-electron chi connectivity index (χ0n) is 12.4. The largest absolute Gasteiger partial charge is 0.497 e. The second kappa shape index (κ2) is 6.26. The molecule has 1 amide bonds. The summed E-state index contributed by atoms with van der Waals surface area (Å²) in [6, 6.07) is 7.02. The molecular formula is C15H15NO4S3. The van der Waals surface area contributed by atoms with Crippen LogP contribution in [0.2, 0.25) is 0 Å². The molecule has 3 rings (SSSR count). The van der Waals surface area contributed by atoms with Crippen LogP contribution in [0.1, 0.15) is 12.0 Å². The average Bonchev–Trinajstić information content (AvgIpc) is 2.99. The van der Waals surface area contributed by atoms with E-state index in [1.807, 2.05) is 24.3 Å². The van der Waals surface area contributed by atoms with Gasteiger partial charge in [0.15, 0.2) is 9.84 Å². The Morgan fingerprint density at radius 1 is 1.43 bits per heavy atom. The highest BCUT2D eigenvalue weighted by Gasteiger charge is 2.42. The molecule has 2 heterocycles. The van der Waals surface area contributed by atoms with Crippen LogP contribution in [-0.4, -0.2) is 48.2 Å². The summed E-state index contributed by atoms with van der Waals surface area (Å²) in [6.07, 6.45) is 2.20. The molecular weight excluding hydrogens is 354 g/mol. The van der Waals surface area contributed by atoms with Crippen molar-refractivity contribution in [1.82, 2.24) is 4.90 Å². The van der Waals surface area contributed by atoms with Crippen molar-refractivity contribution in [2.45, 2.75) is 12.5 Å². The monoisotopic (exact) mass is 369 g/mol. The van der Waals surface area contributed by atoms with Crippen molar-refractivity contribution in [1.29, 1.82) is 0 Å². The van der Waals surface area contributed by atoms with E-state index in [4.69, 9.17) is 17.0 Å². The molecule has 1 atom stereocenters. The fourth-order valence-corrected chi connectivity index (χ4v) is 5.76. The minimum atomic E-state index is -3.06. The predicted octanol–water partition coefficient (Wildman–Crippen LogP) is 2.08. The normalized spacial score (nSPS) is 25.3. The molecule has 2 aliphatic heterocycles. The van der Waals surface area contributed by atoms with Gasteiger partial charge in [0.1, 0.15) is 10.1 Å². The zero-order valence-corrected chi connectivity index (χ0v) is 14.8. The van der Waals surface area contributed by atoms with Crippen LogP contribution in [0.25, 0.3) is 6.08 Å². The van der Waals surface area contributed by atoms with E-state index in [9.17, 15) is 13.2 Å². The van der Waals surface area contributed by atoms with Crippen molar-refractivity contribution in [3.05, 3.63) is 34.7 Å². The van der Waals surface area contributed by atoms with Crippen LogP contribution in [-0.2, 0) is 14.6 Å². The van der Waals surface area contributed by atoms with Crippen LogP contribution in [0, 0.1) is 0 Å². The number of thioether (sulfide) groups is 1. The highest BCUT2D eigenvalue weighted by atomic mass is 32.2. The molecule has 2 fully saturated rings. The molecule has 23 heavy (non-hydrogen) atoms. The van der Waals surface area contributed by atoms with Gasteiger partial charge in [-0.3, -0.25) is 9.69 Å². The molecule has 0 radical (unpaired) electrons. The number of methoxy groups -OCH3 is 1. The second-order valence-electron chi connectivity index (χ2n) is 5.39. The van der Waals surface area contributed by atoms with Gasteiger partial charge in [0.05, 0.1) is 29.6 Å². The number of rotatable bonds is 3. The van der Waals surface area contributed by atoms with E-state index in [2.05, 4.69) is 0 Å². The first-order valence-electron chi connectivity index (χ1n) is 7.01. The van der Waals surface area contributed by atoms with E-state index in [0.29, 0.717) is 21.4 Å². The number of carbonyl (C=O) groups is 1. The first-order chi connectivity index (χ1) is 10.9. The molecule has 0 aromatic heterocycles. The highest BCUT2D eigenvalue weighted by Crippen LogP contribution is 2.36. The summed E-state index contributed by atoms with van der Waals surface area (Å²) in [6.45, 7) is 0. The van der Waals surface area contributed by atoms with Gasteiger partial charge in [0.25, 0.3) is 5.91 Å². The minimum Gasteiger partial charge on any atom is -0.497 e. The highest BCUT2D eigenvalue weighted by molar-refractivity contribution is 8.26. The van der Waals surface area contributed by atoms with Crippen LogP contribution in [0.15, 0.2) is 29.2 Å². The van der Waals surface area contributed by atoms with Crippen molar-refractivity contribution >= 4 is 50.1 Å². The standard InChI is InChI=1S/C15H15NO4S3/c1-20-12-4-2-3-10(7-12)8-13-14(17)16(15(21)22-13)11-5-6-23(18,19)9-11/h2-4,7-8,11H,5-6,9H2,1H3. The maximum absolute atomic E-state index is 12.6. The van der Waals surface area contributed by atoms with Crippen molar-refractivity contribution in [3.8, 4) is 5.75 Å². The summed E-state index contributed by atoms with van der Waals surface area (Å²) in [5.74, 6) is 0.594. The molecule has 2 saturated heterocycles. The molecule has 0 aliphatic carbocycles. The smallest absolute Gasteiger partial charge is 0.266 e. The Bertz CT molecular complexity index is 801. The van der Waals surface area contributed by atoms with Crippen LogP contribution in [0.5, 0.6) is 5.75 Å². The molecule has 0 saturated carbocycles. The van der Waals surface area contributed by atoms with Crippen LogP contribution in [0.3, 0.4) is 0 Å². The molecule has 0 bridgehead atoms. The number of ether oxygens (including phenoxy) is 1. The van der Waals surface area contributed by atoms with Gasteiger partial charge >= 0.3 is 0 Å². The fourth-order valence-electron chi connectivity index (χ4n) is 2.66. The molecule has 1 aromatic carbocycles. The third-order valence-electron chi connectivity index (χ3n) is 3.79. The Hall–Kier alpha value is -1.38. The van der Waals surface area contributed by atoms with Crippen molar-refractivity contribution in [3.63, 3.8) is 0 Å². The summed E-state index contributed by atoms with van der Waals surface area (Å²) in [5, 5.41) is 0. The van der Waals surface area contributed by atoms with Gasteiger partial charge in [-0.2, -0.15) is 0 Å². The predicted molar refractivity (Wildman–Crippen MR) is 95.1 cm³/mol. The van der Waals surface area contributed by atoms with Crippen LogP contribution in [0.4, 0.5) is 0 Å². The SMILES string of the molecule is COc1cccc(C=C2SC(=S)N(C3CCS(=O)(=O)C3)C2=O)c1. The molecule has 122 valence electrons. The Balaban J connectivity index is 1.85. The lowest BCUT2D eigenvalue weighted by Crippen LogP contribution is -2.39. The van der Waals surface area contributed by atoms with E-state index < -0.39 is 9.84 Å². The van der Waals surface area contributed by atoms with Gasteiger partial charge in [-0.05, 0) is 30.2 Å². The maximum Gasteiger partial charge on any atom is 0.266 e. The first kappa shape index (κ1) is 16.5. The number of benzene rings is 1. The van der Waals surface area contributed by atoms with Crippen molar-refractivity contribution in [2.24, 2.45) is 0 Å². The van der Waals surface area contributed by atoms with Gasteiger partial charge in [0.2, 0.25) is 0 Å². The number of amides is 1. The minimum absolute atomic E-state index is 0.00806. The topological polar surface area (TPSA) is 63.7 Å². The van der Waals surface area contributed by atoms with E-state index in [1.54, 1.807) is 13.2 Å². The molecule has 2 aliphatic rings. The van der Waals surface area contributed by atoms with Crippen molar-refractivity contribution in [2.75, 3.05) is 18.6 Å².